The van der Waals surface area contributed by atoms with Crippen molar-refractivity contribution in [2.75, 3.05) is 18.5 Å². The van der Waals surface area contributed by atoms with Gasteiger partial charge in [-0.3, -0.25) is 4.98 Å². The van der Waals surface area contributed by atoms with E-state index in [1.165, 1.54) is 6.07 Å². The molecule has 2 rings (SSSR count). The zero-order chi connectivity index (χ0) is 12.8. The first kappa shape index (κ1) is 12.8. The highest BCUT2D eigenvalue weighted by Gasteiger charge is 1.99. The Morgan fingerprint density at radius 3 is 2.89 bits per heavy atom. The zero-order valence-electron chi connectivity index (χ0n) is 9.57. The Hall–Kier alpha value is -1.62. The molecule has 0 aliphatic heterocycles. The van der Waals surface area contributed by atoms with E-state index in [2.05, 4.69) is 26.2 Å². The van der Waals surface area contributed by atoms with Crippen LogP contribution in [0.5, 0.6) is 5.75 Å². The first-order valence-electron chi connectivity index (χ1n) is 5.47. The molecule has 1 N–H and O–H groups in total. The van der Waals surface area contributed by atoms with Gasteiger partial charge in [-0.1, -0.05) is 12.1 Å². The fourth-order valence-electron chi connectivity index (χ4n) is 1.43. The Balaban J connectivity index is 1.78. The first-order valence-corrected chi connectivity index (χ1v) is 6.27. The molecule has 0 radical (unpaired) electrons. The molecule has 0 saturated carbocycles. The zero-order valence-corrected chi connectivity index (χ0v) is 11.2. The third-order valence-corrected chi connectivity index (χ3v) is 2.67. The number of benzene rings is 1. The molecular formula is C13H12BrFN2O. The van der Waals surface area contributed by atoms with Crippen molar-refractivity contribution in [2.24, 2.45) is 0 Å². The Bertz CT molecular complexity index is 522. The second-order valence-corrected chi connectivity index (χ2v) is 4.51. The SMILES string of the molecule is Fc1ccccc1NCCOc1cncc(Br)c1. The maximum absolute atomic E-state index is 13.3. The highest BCUT2D eigenvalue weighted by molar-refractivity contribution is 9.10. The van der Waals surface area contributed by atoms with E-state index >= 15 is 0 Å². The molecule has 1 aromatic heterocycles. The van der Waals surface area contributed by atoms with Gasteiger partial charge in [0.1, 0.15) is 18.2 Å². The van der Waals surface area contributed by atoms with E-state index in [9.17, 15) is 4.39 Å². The molecule has 2 aromatic rings. The lowest BCUT2D eigenvalue weighted by Gasteiger charge is -2.09. The van der Waals surface area contributed by atoms with E-state index in [4.69, 9.17) is 4.74 Å². The lowest BCUT2D eigenvalue weighted by molar-refractivity contribution is 0.331. The van der Waals surface area contributed by atoms with Crippen molar-refractivity contribution in [3.05, 3.63) is 53.0 Å². The molecule has 0 saturated heterocycles. The maximum atomic E-state index is 13.3. The molecule has 0 bridgehead atoms. The summed E-state index contributed by atoms with van der Waals surface area (Å²) in [6, 6.07) is 8.38. The number of hydrogen-bond acceptors (Lipinski definition) is 3. The monoisotopic (exact) mass is 310 g/mol. The molecular weight excluding hydrogens is 299 g/mol. The molecule has 0 fully saturated rings. The van der Waals surface area contributed by atoms with Gasteiger partial charge in [-0.2, -0.15) is 0 Å². The first-order chi connectivity index (χ1) is 8.75. The van der Waals surface area contributed by atoms with Gasteiger partial charge in [-0.05, 0) is 34.1 Å². The van der Waals surface area contributed by atoms with Gasteiger partial charge in [0.15, 0.2) is 0 Å². The van der Waals surface area contributed by atoms with Crippen molar-refractivity contribution < 1.29 is 9.13 Å². The average Bonchev–Trinajstić information content (AvgIpc) is 2.37. The number of nitrogens with one attached hydrogen (secondary N) is 1. The summed E-state index contributed by atoms with van der Waals surface area (Å²) in [5.74, 6) is 0.418. The van der Waals surface area contributed by atoms with Gasteiger partial charge in [-0.25, -0.2) is 4.39 Å². The van der Waals surface area contributed by atoms with Crippen molar-refractivity contribution in [3.63, 3.8) is 0 Å². The fourth-order valence-corrected chi connectivity index (χ4v) is 1.77. The Morgan fingerprint density at radius 2 is 2.11 bits per heavy atom. The van der Waals surface area contributed by atoms with Crippen LogP contribution in [-0.2, 0) is 0 Å². The van der Waals surface area contributed by atoms with Crippen molar-refractivity contribution in [1.29, 1.82) is 0 Å². The number of nitrogens with zero attached hydrogens (tertiary/aromatic N) is 1. The minimum absolute atomic E-state index is 0.262. The molecule has 0 aliphatic carbocycles. The van der Waals surface area contributed by atoms with Crippen molar-refractivity contribution in [2.45, 2.75) is 0 Å². The summed E-state index contributed by atoms with van der Waals surface area (Å²) in [6.45, 7) is 0.958. The number of halogens is 2. The number of anilines is 1. The summed E-state index contributed by atoms with van der Waals surface area (Å²) in [5, 5.41) is 2.97. The fraction of sp³-hybridized carbons (Fsp3) is 0.154. The molecule has 1 heterocycles. The van der Waals surface area contributed by atoms with Crippen LogP contribution < -0.4 is 10.1 Å². The van der Waals surface area contributed by atoms with Crippen LogP contribution in [0.1, 0.15) is 0 Å². The van der Waals surface area contributed by atoms with Gasteiger partial charge in [0.2, 0.25) is 0 Å². The summed E-state index contributed by atoms with van der Waals surface area (Å²) in [7, 11) is 0. The van der Waals surface area contributed by atoms with E-state index in [0.29, 0.717) is 24.6 Å². The van der Waals surface area contributed by atoms with Gasteiger partial charge in [-0.15, -0.1) is 0 Å². The average molecular weight is 311 g/mol. The molecule has 5 heteroatoms. The van der Waals surface area contributed by atoms with Crippen LogP contribution >= 0.6 is 15.9 Å². The lowest BCUT2D eigenvalue weighted by Crippen LogP contribution is -2.12. The molecule has 3 nitrogen and oxygen atoms in total. The second kappa shape index (κ2) is 6.35. The number of para-hydroxylation sites is 1. The van der Waals surface area contributed by atoms with Crippen LogP contribution in [0.25, 0.3) is 0 Å². The summed E-state index contributed by atoms with van der Waals surface area (Å²) < 4.78 is 19.6. The highest BCUT2D eigenvalue weighted by Crippen LogP contribution is 2.16. The Kier molecular flexibility index (Phi) is 4.52. The minimum Gasteiger partial charge on any atom is -0.490 e. The molecule has 0 amide bonds. The largest absolute Gasteiger partial charge is 0.490 e. The maximum Gasteiger partial charge on any atom is 0.146 e. The number of pyridine rings is 1. The number of rotatable bonds is 5. The number of ether oxygens (including phenoxy) is 1. The van der Waals surface area contributed by atoms with E-state index in [1.54, 1.807) is 30.6 Å². The van der Waals surface area contributed by atoms with Crippen molar-refractivity contribution in [3.8, 4) is 5.75 Å². The van der Waals surface area contributed by atoms with E-state index in [-0.39, 0.29) is 5.82 Å². The summed E-state index contributed by atoms with van der Waals surface area (Å²) in [6.07, 6.45) is 3.32. The predicted molar refractivity (Wildman–Crippen MR) is 72.3 cm³/mol. The Morgan fingerprint density at radius 1 is 1.28 bits per heavy atom. The molecule has 1 aromatic carbocycles. The number of hydrogen-bond donors (Lipinski definition) is 1. The summed E-state index contributed by atoms with van der Waals surface area (Å²) in [4.78, 5) is 3.98. The summed E-state index contributed by atoms with van der Waals surface area (Å²) >= 11 is 3.31. The molecule has 0 spiro atoms. The van der Waals surface area contributed by atoms with Crippen LogP contribution in [0.4, 0.5) is 10.1 Å². The second-order valence-electron chi connectivity index (χ2n) is 3.59. The van der Waals surface area contributed by atoms with E-state index < -0.39 is 0 Å². The van der Waals surface area contributed by atoms with Crippen LogP contribution in [0, 0.1) is 5.82 Å². The van der Waals surface area contributed by atoms with Gasteiger partial charge >= 0.3 is 0 Å². The standard InChI is InChI=1S/C13H12BrFN2O/c14-10-7-11(9-16-8-10)18-6-5-17-13-4-2-1-3-12(13)15/h1-4,7-9,17H,5-6H2. The molecule has 0 atom stereocenters. The van der Waals surface area contributed by atoms with Gasteiger partial charge in [0, 0.05) is 17.2 Å². The lowest BCUT2D eigenvalue weighted by atomic mass is 10.3. The highest BCUT2D eigenvalue weighted by atomic mass is 79.9. The summed E-state index contributed by atoms with van der Waals surface area (Å²) in [5.41, 5.74) is 0.480. The smallest absolute Gasteiger partial charge is 0.146 e. The van der Waals surface area contributed by atoms with Gasteiger partial charge in [0.05, 0.1) is 11.9 Å². The van der Waals surface area contributed by atoms with Crippen molar-refractivity contribution >= 4 is 21.6 Å². The van der Waals surface area contributed by atoms with E-state index in [0.717, 1.165) is 4.47 Å². The quantitative estimate of drug-likeness (QED) is 0.859. The van der Waals surface area contributed by atoms with Crippen LogP contribution in [-0.4, -0.2) is 18.1 Å². The topological polar surface area (TPSA) is 34.1 Å². The molecule has 0 aliphatic rings. The van der Waals surface area contributed by atoms with Crippen LogP contribution in [0.3, 0.4) is 0 Å². The normalized spacial score (nSPS) is 10.1. The van der Waals surface area contributed by atoms with Crippen molar-refractivity contribution in [1.82, 2.24) is 4.98 Å². The third-order valence-electron chi connectivity index (χ3n) is 2.24. The number of aromatic nitrogens is 1. The minimum atomic E-state index is -0.262. The van der Waals surface area contributed by atoms with Crippen LogP contribution in [0.15, 0.2) is 47.2 Å². The van der Waals surface area contributed by atoms with Crippen LogP contribution in [0.2, 0.25) is 0 Å². The predicted octanol–water partition coefficient (Wildman–Crippen LogP) is 3.47. The molecule has 18 heavy (non-hydrogen) atoms. The van der Waals surface area contributed by atoms with Gasteiger partial charge < -0.3 is 10.1 Å². The Labute approximate surface area is 113 Å². The third kappa shape index (κ3) is 3.70. The molecule has 94 valence electrons. The van der Waals surface area contributed by atoms with Gasteiger partial charge in [0.25, 0.3) is 0 Å². The molecule has 0 unspecified atom stereocenters. The van der Waals surface area contributed by atoms with E-state index in [1.807, 2.05) is 6.07 Å².